The third-order valence-corrected chi connectivity index (χ3v) is 2.92. The van der Waals surface area contributed by atoms with Gasteiger partial charge in [0, 0.05) is 12.0 Å². The van der Waals surface area contributed by atoms with E-state index in [1.165, 1.54) is 6.92 Å². The number of hydrogen-bond acceptors (Lipinski definition) is 5. The number of carbonyl (C=O) groups is 4. The lowest BCUT2D eigenvalue weighted by Crippen LogP contribution is -2.18. The molecule has 1 rings (SSSR count). The van der Waals surface area contributed by atoms with Crippen LogP contribution in [-0.2, 0) is 16.0 Å². The Labute approximate surface area is 130 Å². The van der Waals surface area contributed by atoms with Crippen LogP contribution in [0.2, 0.25) is 0 Å². The fraction of sp³-hybridized carbons (Fsp3) is 0.200. The molecule has 0 aromatic heterocycles. The van der Waals surface area contributed by atoms with Gasteiger partial charge in [0.1, 0.15) is 0 Å². The third kappa shape index (κ3) is 4.16. The Morgan fingerprint density at radius 2 is 1.52 bits per heavy atom. The minimum Gasteiger partial charge on any atom is -0.478 e. The van der Waals surface area contributed by atoms with Gasteiger partial charge < -0.3 is 20.1 Å². The van der Waals surface area contributed by atoms with E-state index in [2.05, 4.69) is 6.58 Å². The number of benzene rings is 1. The minimum absolute atomic E-state index is 0.126. The molecule has 3 N–H and O–H groups in total. The van der Waals surface area contributed by atoms with E-state index in [1.807, 2.05) is 0 Å². The first kappa shape index (κ1) is 17.9. The van der Waals surface area contributed by atoms with Crippen molar-refractivity contribution in [3.8, 4) is 0 Å². The normalized spacial score (nSPS) is 9.96. The molecule has 23 heavy (non-hydrogen) atoms. The third-order valence-electron chi connectivity index (χ3n) is 2.92. The van der Waals surface area contributed by atoms with Crippen LogP contribution in [0, 0.1) is 0 Å². The maximum Gasteiger partial charge on any atom is 0.336 e. The van der Waals surface area contributed by atoms with Gasteiger partial charge in [0.2, 0.25) is 0 Å². The molecule has 0 heterocycles. The van der Waals surface area contributed by atoms with Crippen molar-refractivity contribution in [2.75, 3.05) is 6.61 Å². The minimum atomic E-state index is -1.58. The van der Waals surface area contributed by atoms with Crippen molar-refractivity contribution in [3.05, 3.63) is 46.5 Å². The van der Waals surface area contributed by atoms with Crippen LogP contribution in [0.3, 0.4) is 0 Å². The van der Waals surface area contributed by atoms with Gasteiger partial charge in [-0.2, -0.15) is 0 Å². The second-order valence-electron chi connectivity index (χ2n) is 4.60. The maximum absolute atomic E-state index is 11.3. The van der Waals surface area contributed by atoms with Crippen molar-refractivity contribution in [1.29, 1.82) is 0 Å². The molecular weight excluding hydrogens is 308 g/mol. The first-order valence-corrected chi connectivity index (χ1v) is 6.35. The number of ether oxygens (including phenoxy) is 1. The van der Waals surface area contributed by atoms with E-state index in [0.29, 0.717) is 0 Å². The van der Waals surface area contributed by atoms with Crippen molar-refractivity contribution >= 4 is 23.9 Å². The molecule has 8 heteroatoms. The van der Waals surface area contributed by atoms with Gasteiger partial charge in [0.15, 0.2) is 0 Å². The first-order chi connectivity index (χ1) is 10.7. The Bertz CT molecular complexity index is 702. The van der Waals surface area contributed by atoms with Crippen molar-refractivity contribution in [2.45, 2.75) is 13.3 Å². The molecule has 122 valence electrons. The van der Waals surface area contributed by atoms with Crippen molar-refractivity contribution in [1.82, 2.24) is 0 Å². The summed E-state index contributed by atoms with van der Waals surface area (Å²) < 4.78 is 4.81. The highest BCUT2D eigenvalue weighted by molar-refractivity contribution is 6.05. The summed E-state index contributed by atoms with van der Waals surface area (Å²) in [5.41, 5.74) is -1.63. The summed E-state index contributed by atoms with van der Waals surface area (Å²) in [7, 11) is 0. The topological polar surface area (TPSA) is 138 Å². The molecule has 8 nitrogen and oxygen atoms in total. The average molecular weight is 322 g/mol. The highest BCUT2D eigenvalue weighted by atomic mass is 16.5. The van der Waals surface area contributed by atoms with Gasteiger partial charge in [-0.15, -0.1) is 0 Å². The fourth-order valence-corrected chi connectivity index (χ4v) is 1.90. The fourth-order valence-electron chi connectivity index (χ4n) is 1.90. The van der Waals surface area contributed by atoms with Crippen LogP contribution in [0.15, 0.2) is 24.3 Å². The van der Waals surface area contributed by atoms with E-state index in [4.69, 9.17) is 14.9 Å². The number of carboxylic acids is 3. The lowest BCUT2D eigenvalue weighted by molar-refractivity contribution is -0.138. The van der Waals surface area contributed by atoms with E-state index in [9.17, 15) is 24.3 Å². The zero-order valence-corrected chi connectivity index (χ0v) is 12.2. The summed E-state index contributed by atoms with van der Waals surface area (Å²) in [5, 5.41) is 27.4. The quantitative estimate of drug-likeness (QED) is 0.506. The van der Waals surface area contributed by atoms with Gasteiger partial charge in [-0.1, -0.05) is 6.58 Å². The van der Waals surface area contributed by atoms with Crippen LogP contribution >= 0.6 is 0 Å². The Balaban J connectivity index is 3.29. The molecule has 0 atom stereocenters. The van der Waals surface area contributed by atoms with Crippen LogP contribution in [0.25, 0.3) is 0 Å². The van der Waals surface area contributed by atoms with Crippen LogP contribution in [0.1, 0.15) is 43.6 Å². The summed E-state index contributed by atoms with van der Waals surface area (Å²) >= 11 is 0. The summed E-state index contributed by atoms with van der Waals surface area (Å²) in [5.74, 6) is -5.20. The predicted molar refractivity (Wildman–Crippen MR) is 76.8 cm³/mol. The van der Waals surface area contributed by atoms with E-state index in [0.717, 1.165) is 12.1 Å². The average Bonchev–Trinajstić information content (AvgIpc) is 2.45. The monoisotopic (exact) mass is 322 g/mol. The molecule has 0 aliphatic carbocycles. The number of carbonyl (C=O) groups excluding carboxylic acids is 1. The highest BCUT2D eigenvalue weighted by Crippen LogP contribution is 2.21. The number of carboxylic acid groups (broad SMARTS) is 3. The largest absolute Gasteiger partial charge is 0.478 e. The van der Waals surface area contributed by atoms with Crippen LogP contribution in [0.4, 0.5) is 0 Å². The Hall–Kier alpha value is -3.16. The molecule has 0 bridgehead atoms. The molecule has 0 aliphatic heterocycles. The standard InChI is InChI=1S/C15H14O8/c1-7(2)15(22)23-6-5-8-9(12(16)17)3-4-10(13(18)19)11(8)14(20)21/h3-4H,1,5-6H2,2H3,(H,16,17)(H,18,19)(H,20,21). The van der Waals surface area contributed by atoms with Crippen molar-refractivity contribution < 1.29 is 39.2 Å². The van der Waals surface area contributed by atoms with E-state index in [-0.39, 0.29) is 29.7 Å². The zero-order chi connectivity index (χ0) is 17.7. The molecule has 0 unspecified atom stereocenters. The summed E-state index contributed by atoms with van der Waals surface area (Å²) in [6.45, 7) is 4.47. The zero-order valence-electron chi connectivity index (χ0n) is 12.2. The van der Waals surface area contributed by atoms with Crippen LogP contribution < -0.4 is 0 Å². The van der Waals surface area contributed by atoms with E-state index < -0.39 is 35.0 Å². The molecule has 1 aromatic rings. The summed E-state index contributed by atoms with van der Waals surface area (Å²) in [6, 6.07) is 1.92. The number of hydrogen-bond donors (Lipinski definition) is 3. The SMILES string of the molecule is C=C(C)C(=O)OCCc1c(C(=O)O)ccc(C(=O)O)c1C(=O)O. The van der Waals surface area contributed by atoms with Crippen LogP contribution in [-0.4, -0.2) is 45.8 Å². The molecule has 0 saturated heterocycles. The maximum atomic E-state index is 11.3. The van der Waals surface area contributed by atoms with Crippen molar-refractivity contribution in [2.24, 2.45) is 0 Å². The van der Waals surface area contributed by atoms with Gasteiger partial charge in [0.05, 0.1) is 23.3 Å². The van der Waals surface area contributed by atoms with Gasteiger partial charge in [-0.25, -0.2) is 19.2 Å². The number of aromatic carboxylic acids is 3. The molecular formula is C15H14O8. The lowest BCUT2D eigenvalue weighted by Gasteiger charge is -2.13. The number of rotatable bonds is 7. The van der Waals surface area contributed by atoms with Gasteiger partial charge in [-0.3, -0.25) is 0 Å². The Morgan fingerprint density at radius 1 is 1.00 bits per heavy atom. The Morgan fingerprint density at radius 3 is 1.96 bits per heavy atom. The highest BCUT2D eigenvalue weighted by Gasteiger charge is 2.25. The van der Waals surface area contributed by atoms with Gasteiger partial charge in [-0.05, 0) is 24.6 Å². The van der Waals surface area contributed by atoms with E-state index >= 15 is 0 Å². The number of esters is 1. The Kier molecular flexibility index (Phi) is 5.61. The van der Waals surface area contributed by atoms with Crippen LogP contribution in [0.5, 0.6) is 0 Å². The summed E-state index contributed by atoms with van der Waals surface area (Å²) in [6.07, 6.45) is -0.261. The van der Waals surface area contributed by atoms with Crippen molar-refractivity contribution in [3.63, 3.8) is 0 Å². The molecule has 0 fully saturated rings. The smallest absolute Gasteiger partial charge is 0.336 e. The molecule has 1 aromatic carbocycles. The molecule has 0 radical (unpaired) electrons. The first-order valence-electron chi connectivity index (χ1n) is 6.35. The van der Waals surface area contributed by atoms with Gasteiger partial charge >= 0.3 is 23.9 Å². The lowest BCUT2D eigenvalue weighted by atomic mass is 9.93. The van der Waals surface area contributed by atoms with E-state index in [1.54, 1.807) is 0 Å². The second-order valence-corrected chi connectivity index (χ2v) is 4.60. The molecule has 0 aliphatic rings. The molecule has 0 spiro atoms. The second kappa shape index (κ2) is 7.21. The predicted octanol–water partition coefficient (Wildman–Crippen LogP) is 1.44. The molecule has 0 saturated carbocycles. The molecule has 0 amide bonds. The van der Waals surface area contributed by atoms with Gasteiger partial charge in [0.25, 0.3) is 0 Å². The summed E-state index contributed by atoms with van der Waals surface area (Å²) in [4.78, 5) is 45.0.